The van der Waals surface area contributed by atoms with Gasteiger partial charge in [0.15, 0.2) is 0 Å². The average molecular weight is 639 g/mol. The summed E-state index contributed by atoms with van der Waals surface area (Å²) in [5.74, 6) is 0. The zero-order valence-corrected chi connectivity index (χ0v) is 27.5. The SMILES string of the molecule is c1ccc(-c2ccc(-c3cccc4c3c3ccc(N(c5ccccc5)c5ccccc5-c5ccccc5)cc3n4-c3ccccc3)cc2)cc1. The third-order valence-corrected chi connectivity index (χ3v) is 9.59. The largest absolute Gasteiger partial charge is 0.310 e. The highest BCUT2D eigenvalue weighted by Gasteiger charge is 2.21. The fraction of sp³-hybridized carbons (Fsp3) is 0. The Labute approximate surface area is 292 Å². The molecule has 0 amide bonds. The third kappa shape index (κ3) is 5.24. The minimum Gasteiger partial charge on any atom is -0.310 e. The molecule has 1 aromatic heterocycles. The minimum absolute atomic E-state index is 1.10. The molecule has 0 spiro atoms. The molecule has 1 heterocycles. The van der Waals surface area contributed by atoms with Crippen molar-refractivity contribution < 1.29 is 0 Å². The van der Waals surface area contributed by atoms with Crippen molar-refractivity contribution in [2.45, 2.75) is 0 Å². The summed E-state index contributed by atoms with van der Waals surface area (Å²) in [5, 5.41) is 2.47. The Morgan fingerprint density at radius 2 is 0.880 bits per heavy atom. The molecule has 0 saturated carbocycles. The van der Waals surface area contributed by atoms with Gasteiger partial charge < -0.3 is 9.47 Å². The first-order valence-corrected chi connectivity index (χ1v) is 17.1. The molecule has 8 aromatic carbocycles. The minimum atomic E-state index is 1.10. The van der Waals surface area contributed by atoms with Gasteiger partial charge in [0, 0.05) is 33.4 Å². The van der Waals surface area contributed by atoms with Crippen molar-refractivity contribution in [3.05, 3.63) is 206 Å². The van der Waals surface area contributed by atoms with Crippen molar-refractivity contribution in [3.8, 4) is 39.1 Å². The van der Waals surface area contributed by atoms with E-state index in [9.17, 15) is 0 Å². The normalized spacial score (nSPS) is 11.2. The van der Waals surface area contributed by atoms with Crippen molar-refractivity contribution in [3.63, 3.8) is 0 Å². The molecule has 9 aromatic rings. The molecule has 0 radical (unpaired) electrons. The van der Waals surface area contributed by atoms with Crippen molar-refractivity contribution in [2.24, 2.45) is 0 Å². The first-order chi connectivity index (χ1) is 24.8. The summed E-state index contributed by atoms with van der Waals surface area (Å²) in [5.41, 5.74) is 14.1. The summed E-state index contributed by atoms with van der Waals surface area (Å²) in [4.78, 5) is 2.39. The van der Waals surface area contributed by atoms with Crippen LogP contribution in [0.2, 0.25) is 0 Å². The number of hydrogen-bond acceptors (Lipinski definition) is 1. The molecule has 236 valence electrons. The highest BCUT2D eigenvalue weighted by Crippen LogP contribution is 2.44. The summed E-state index contributed by atoms with van der Waals surface area (Å²) in [6.45, 7) is 0. The summed E-state index contributed by atoms with van der Waals surface area (Å²) in [7, 11) is 0. The van der Waals surface area contributed by atoms with E-state index in [1.54, 1.807) is 0 Å². The summed E-state index contributed by atoms with van der Waals surface area (Å²) >= 11 is 0. The van der Waals surface area contributed by atoms with E-state index in [0.29, 0.717) is 0 Å². The number of anilines is 3. The molecule has 2 nitrogen and oxygen atoms in total. The van der Waals surface area contributed by atoms with Crippen LogP contribution in [0.5, 0.6) is 0 Å². The van der Waals surface area contributed by atoms with Crippen LogP contribution in [0, 0.1) is 0 Å². The standard InChI is InChI=1S/C48H34N2/c1-5-16-35(17-6-1)36-28-30-38(31-29-36)43-25-15-27-46-48(43)44-33-32-41(34-47(44)50(46)40-22-11-4-12-23-40)49(39-20-9-3-10-21-39)45-26-14-13-24-42(45)37-18-7-2-8-19-37/h1-34H. The van der Waals surface area contributed by atoms with Gasteiger partial charge in [-0.05, 0) is 76.3 Å². The summed E-state index contributed by atoms with van der Waals surface area (Å²) in [6, 6.07) is 74.0. The Hall–Kier alpha value is -6.64. The summed E-state index contributed by atoms with van der Waals surface area (Å²) < 4.78 is 2.42. The number of nitrogens with zero attached hydrogens (tertiary/aromatic N) is 2. The predicted octanol–water partition coefficient (Wildman–Crippen LogP) is 13.3. The number of aromatic nitrogens is 1. The van der Waals surface area contributed by atoms with Gasteiger partial charge in [-0.15, -0.1) is 0 Å². The second kappa shape index (κ2) is 12.8. The molecular formula is C48H34N2. The molecule has 0 unspecified atom stereocenters. The van der Waals surface area contributed by atoms with E-state index in [-0.39, 0.29) is 0 Å². The Kier molecular flexibility index (Phi) is 7.53. The lowest BCUT2D eigenvalue weighted by atomic mass is 9.97. The summed E-state index contributed by atoms with van der Waals surface area (Å²) in [6.07, 6.45) is 0. The molecule has 0 aliphatic carbocycles. The Morgan fingerprint density at radius 3 is 1.60 bits per heavy atom. The van der Waals surface area contributed by atoms with Gasteiger partial charge in [0.25, 0.3) is 0 Å². The van der Waals surface area contributed by atoms with E-state index in [4.69, 9.17) is 0 Å². The van der Waals surface area contributed by atoms with Crippen LogP contribution in [-0.2, 0) is 0 Å². The average Bonchev–Trinajstić information content (AvgIpc) is 3.54. The molecule has 0 atom stereocenters. The van der Waals surface area contributed by atoms with Crippen molar-refractivity contribution in [2.75, 3.05) is 4.90 Å². The monoisotopic (exact) mass is 638 g/mol. The van der Waals surface area contributed by atoms with Gasteiger partial charge in [0.1, 0.15) is 0 Å². The molecule has 50 heavy (non-hydrogen) atoms. The van der Waals surface area contributed by atoms with Crippen LogP contribution in [0.3, 0.4) is 0 Å². The third-order valence-electron chi connectivity index (χ3n) is 9.59. The predicted molar refractivity (Wildman–Crippen MR) is 212 cm³/mol. The van der Waals surface area contributed by atoms with Crippen LogP contribution < -0.4 is 4.90 Å². The van der Waals surface area contributed by atoms with Gasteiger partial charge in [0.05, 0.1) is 16.7 Å². The maximum absolute atomic E-state index is 2.42. The van der Waals surface area contributed by atoms with E-state index < -0.39 is 0 Å². The van der Waals surface area contributed by atoms with E-state index in [1.807, 2.05) is 0 Å². The zero-order valence-electron chi connectivity index (χ0n) is 27.5. The molecule has 2 heteroatoms. The Bertz CT molecular complexity index is 2550. The van der Waals surface area contributed by atoms with Crippen LogP contribution in [0.4, 0.5) is 17.1 Å². The van der Waals surface area contributed by atoms with E-state index in [2.05, 4.69) is 216 Å². The molecular weight excluding hydrogens is 605 g/mol. The second-order valence-electron chi connectivity index (χ2n) is 12.6. The van der Waals surface area contributed by atoms with Gasteiger partial charge in [-0.3, -0.25) is 0 Å². The Balaban J connectivity index is 1.28. The van der Waals surface area contributed by atoms with Crippen molar-refractivity contribution in [1.29, 1.82) is 0 Å². The van der Waals surface area contributed by atoms with Gasteiger partial charge in [-0.1, -0.05) is 158 Å². The van der Waals surface area contributed by atoms with Gasteiger partial charge in [0.2, 0.25) is 0 Å². The Morgan fingerprint density at radius 1 is 0.340 bits per heavy atom. The van der Waals surface area contributed by atoms with Crippen LogP contribution in [-0.4, -0.2) is 4.57 Å². The molecule has 0 aliphatic heterocycles. The van der Waals surface area contributed by atoms with Gasteiger partial charge >= 0.3 is 0 Å². The quantitative estimate of drug-likeness (QED) is 0.169. The lowest BCUT2D eigenvalue weighted by Gasteiger charge is -2.28. The number of benzene rings is 8. The highest BCUT2D eigenvalue weighted by atomic mass is 15.1. The van der Waals surface area contributed by atoms with Crippen LogP contribution in [0.25, 0.3) is 60.9 Å². The number of hydrogen-bond donors (Lipinski definition) is 0. The molecule has 0 N–H and O–H groups in total. The first-order valence-electron chi connectivity index (χ1n) is 17.1. The first kappa shape index (κ1) is 29.5. The molecule has 0 bridgehead atoms. The van der Waals surface area contributed by atoms with E-state index in [0.717, 1.165) is 28.3 Å². The lowest BCUT2D eigenvalue weighted by Crippen LogP contribution is -2.11. The van der Waals surface area contributed by atoms with Crippen LogP contribution >= 0.6 is 0 Å². The lowest BCUT2D eigenvalue weighted by molar-refractivity contribution is 1.18. The fourth-order valence-electron chi connectivity index (χ4n) is 7.30. The maximum atomic E-state index is 2.42. The van der Waals surface area contributed by atoms with Crippen molar-refractivity contribution >= 4 is 38.9 Å². The molecule has 9 rings (SSSR count). The number of rotatable bonds is 7. The van der Waals surface area contributed by atoms with E-state index >= 15 is 0 Å². The fourth-order valence-corrected chi connectivity index (χ4v) is 7.30. The molecule has 0 saturated heterocycles. The smallest absolute Gasteiger partial charge is 0.0562 e. The zero-order chi connectivity index (χ0) is 33.3. The maximum Gasteiger partial charge on any atom is 0.0562 e. The van der Waals surface area contributed by atoms with Crippen LogP contribution in [0.15, 0.2) is 206 Å². The molecule has 0 aliphatic rings. The van der Waals surface area contributed by atoms with Crippen molar-refractivity contribution in [1.82, 2.24) is 4.57 Å². The van der Waals surface area contributed by atoms with Crippen LogP contribution in [0.1, 0.15) is 0 Å². The number of fused-ring (bicyclic) bond motifs is 3. The topological polar surface area (TPSA) is 8.17 Å². The van der Waals surface area contributed by atoms with Gasteiger partial charge in [-0.25, -0.2) is 0 Å². The molecule has 0 fully saturated rings. The van der Waals surface area contributed by atoms with Gasteiger partial charge in [-0.2, -0.15) is 0 Å². The van der Waals surface area contributed by atoms with E-state index in [1.165, 1.54) is 49.7 Å². The second-order valence-corrected chi connectivity index (χ2v) is 12.6. The number of para-hydroxylation sites is 3. The highest BCUT2D eigenvalue weighted by molar-refractivity contribution is 6.16.